The van der Waals surface area contributed by atoms with E-state index in [1.165, 1.54) is 10.9 Å². The predicted octanol–water partition coefficient (Wildman–Crippen LogP) is 1.66. The standard InChI is InChI=1S/C14H17ClN4O2/c1-18(14(20)10-19-9-12(16)8-17-19)6-7-21-13-4-2-11(15)3-5-13/h2-5,8-9H,6-7,10,16H2,1H3. The van der Waals surface area contributed by atoms with Crippen LogP contribution in [0.2, 0.25) is 5.02 Å². The summed E-state index contributed by atoms with van der Waals surface area (Å²) in [7, 11) is 1.72. The number of benzene rings is 1. The zero-order valence-corrected chi connectivity index (χ0v) is 12.5. The van der Waals surface area contributed by atoms with Gasteiger partial charge in [-0.15, -0.1) is 0 Å². The van der Waals surface area contributed by atoms with Crippen LogP contribution >= 0.6 is 11.6 Å². The second-order valence-corrected chi connectivity index (χ2v) is 5.03. The molecule has 2 rings (SSSR count). The number of anilines is 1. The Morgan fingerprint density at radius 1 is 1.43 bits per heavy atom. The van der Waals surface area contributed by atoms with E-state index in [1.54, 1.807) is 42.4 Å². The Morgan fingerprint density at radius 3 is 2.76 bits per heavy atom. The molecule has 0 saturated carbocycles. The summed E-state index contributed by atoms with van der Waals surface area (Å²) < 4.78 is 7.05. The smallest absolute Gasteiger partial charge is 0.244 e. The molecule has 2 aromatic rings. The Bertz CT molecular complexity index is 597. The van der Waals surface area contributed by atoms with E-state index in [9.17, 15) is 4.79 Å². The minimum Gasteiger partial charge on any atom is -0.492 e. The van der Waals surface area contributed by atoms with Gasteiger partial charge in [0.1, 0.15) is 18.9 Å². The molecule has 1 aromatic heterocycles. The van der Waals surface area contributed by atoms with Gasteiger partial charge in [0.15, 0.2) is 0 Å². The Kier molecular flexibility index (Phi) is 5.05. The van der Waals surface area contributed by atoms with Crippen molar-refractivity contribution < 1.29 is 9.53 Å². The average Bonchev–Trinajstić information content (AvgIpc) is 2.86. The van der Waals surface area contributed by atoms with Crippen LogP contribution in [0, 0.1) is 0 Å². The van der Waals surface area contributed by atoms with Gasteiger partial charge in [0.05, 0.1) is 18.4 Å². The maximum absolute atomic E-state index is 12.0. The molecule has 0 bridgehead atoms. The van der Waals surface area contributed by atoms with Crippen molar-refractivity contribution >= 4 is 23.2 Å². The van der Waals surface area contributed by atoms with E-state index in [0.29, 0.717) is 23.9 Å². The van der Waals surface area contributed by atoms with Crippen LogP contribution in [0.3, 0.4) is 0 Å². The molecule has 0 aliphatic carbocycles. The number of aromatic nitrogens is 2. The van der Waals surface area contributed by atoms with E-state index in [1.807, 2.05) is 0 Å². The van der Waals surface area contributed by atoms with Crippen LogP contribution in [0.5, 0.6) is 5.75 Å². The molecule has 0 atom stereocenters. The van der Waals surface area contributed by atoms with Crippen molar-refractivity contribution in [2.45, 2.75) is 6.54 Å². The molecule has 1 amide bonds. The van der Waals surface area contributed by atoms with Crippen molar-refractivity contribution in [2.75, 3.05) is 25.9 Å². The van der Waals surface area contributed by atoms with E-state index in [-0.39, 0.29) is 12.5 Å². The lowest BCUT2D eigenvalue weighted by atomic mass is 10.3. The molecule has 1 aromatic carbocycles. The van der Waals surface area contributed by atoms with Crippen molar-refractivity contribution in [3.8, 4) is 5.75 Å². The first kappa shape index (κ1) is 15.2. The molecule has 0 radical (unpaired) electrons. The van der Waals surface area contributed by atoms with Crippen LogP contribution in [0.15, 0.2) is 36.7 Å². The van der Waals surface area contributed by atoms with Crippen LogP contribution in [-0.4, -0.2) is 40.8 Å². The maximum atomic E-state index is 12.0. The van der Waals surface area contributed by atoms with Crippen LogP contribution in [0.25, 0.3) is 0 Å². The Morgan fingerprint density at radius 2 is 2.14 bits per heavy atom. The zero-order valence-electron chi connectivity index (χ0n) is 11.7. The molecule has 0 fully saturated rings. The molecule has 21 heavy (non-hydrogen) atoms. The summed E-state index contributed by atoms with van der Waals surface area (Å²) in [5.74, 6) is 0.665. The quantitative estimate of drug-likeness (QED) is 0.880. The van der Waals surface area contributed by atoms with Gasteiger partial charge in [0.2, 0.25) is 5.91 Å². The lowest BCUT2D eigenvalue weighted by molar-refractivity contribution is -0.131. The van der Waals surface area contributed by atoms with Gasteiger partial charge in [-0.2, -0.15) is 5.10 Å². The van der Waals surface area contributed by atoms with E-state index in [0.717, 1.165) is 5.75 Å². The van der Waals surface area contributed by atoms with Crippen LogP contribution < -0.4 is 10.5 Å². The number of nitrogens with two attached hydrogens (primary N) is 1. The number of rotatable bonds is 6. The van der Waals surface area contributed by atoms with Crippen molar-refractivity contribution in [2.24, 2.45) is 0 Å². The number of carbonyl (C=O) groups is 1. The number of ether oxygens (including phenoxy) is 1. The van der Waals surface area contributed by atoms with E-state index >= 15 is 0 Å². The number of nitrogen functional groups attached to an aromatic ring is 1. The summed E-state index contributed by atoms with van der Waals surface area (Å²) in [6.07, 6.45) is 3.13. The third-order valence-corrected chi connectivity index (χ3v) is 3.14. The highest BCUT2D eigenvalue weighted by molar-refractivity contribution is 6.30. The Balaban J connectivity index is 1.74. The minimum atomic E-state index is -0.0576. The fourth-order valence-corrected chi connectivity index (χ4v) is 1.81. The summed E-state index contributed by atoms with van der Waals surface area (Å²) in [4.78, 5) is 13.6. The van der Waals surface area contributed by atoms with E-state index < -0.39 is 0 Å². The SMILES string of the molecule is CN(CCOc1ccc(Cl)cc1)C(=O)Cn1cc(N)cn1. The van der Waals surface area contributed by atoms with Crippen molar-refractivity contribution in [3.05, 3.63) is 41.7 Å². The number of likely N-dealkylation sites (N-methyl/N-ethyl adjacent to an activating group) is 1. The lowest BCUT2D eigenvalue weighted by Gasteiger charge is -2.17. The fourth-order valence-electron chi connectivity index (χ4n) is 1.68. The number of hydrogen-bond acceptors (Lipinski definition) is 4. The van der Waals surface area contributed by atoms with E-state index in [4.69, 9.17) is 22.1 Å². The number of nitrogens with zero attached hydrogens (tertiary/aromatic N) is 3. The Hall–Kier alpha value is -2.21. The fraction of sp³-hybridized carbons (Fsp3) is 0.286. The number of hydrogen-bond donors (Lipinski definition) is 1. The molecule has 1 heterocycles. The second-order valence-electron chi connectivity index (χ2n) is 4.59. The second kappa shape index (κ2) is 6.99. The molecular formula is C14H17ClN4O2. The van der Waals surface area contributed by atoms with Gasteiger partial charge in [-0.1, -0.05) is 11.6 Å². The number of amides is 1. The third-order valence-electron chi connectivity index (χ3n) is 2.89. The monoisotopic (exact) mass is 308 g/mol. The van der Waals surface area contributed by atoms with E-state index in [2.05, 4.69) is 5.10 Å². The summed E-state index contributed by atoms with van der Waals surface area (Å²) in [6, 6.07) is 7.09. The molecule has 6 nitrogen and oxygen atoms in total. The molecule has 0 spiro atoms. The van der Waals surface area contributed by atoms with Gasteiger partial charge in [-0.05, 0) is 24.3 Å². The Labute approximate surface area is 128 Å². The van der Waals surface area contributed by atoms with Gasteiger partial charge in [-0.25, -0.2) is 0 Å². The van der Waals surface area contributed by atoms with Gasteiger partial charge >= 0.3 is 0 Å². The average molecular weight is 309 g/mol. The van der Waals surface area contributed by atoms with Gasteiger partial charge in [-0.3, -0.25) is 9.48 Å². The minimum absolute atomic E-state index is 0.0576. The molecule has 112 valence electrons. The van der Waals surface area contributed by atoms with Gasteiger partial charge in [0, 0.05) is 18.3 Å². The highest BCUT2D eigenvalue weighted by atomic mass is 35.5. The predicted molar refractivity (Wildman–Crippen MR) is 81.2 cm³/mol. The van der Waals surface area contributed by atoms with Crippen molar-refractivity contribution in [1.29, 1.82) is 0 Å². The van der Waals surface area contributed by atoms with Crippen molar-refractivity contribution in [1.82, 2.24) is 14.7 Å². The van der Waals surface area contributed by atoms with Gasteiger partial charge < -0.3 is 15.4 Å². The first-order chi connectivity index (χ1) is 10.0. The maximum Gasteiger partial charge on any atom is 0.244 e. The molecule has 2 N–H and O–H groups in total. The lowest BCUT2D eigenvalue weighted by Crippen LogP contribution is -2.33. The topological polar surface area (TPSA) is 73.4 Å². The molecule has 0 aliphatic rings. The summed E-state index contributed by atoms with van der Waals surface area (Å²) in [5, 5.41) is 4.63. The molecule has 0 saturated heterocycles. The number of carbonyl (C=O) groups excluding carboxylic acids is 1. The van der Waals surface area contributed by atoms with Gasteiger partial charge in [0.25, 0.3) is 0 Å². The molecule has 0 unspecified atom stereocenters. The largest absolute Gasteiger partial charge is 0.492 e. The zero-order chi connectivity index (χ0) is 15.2. The van der Waals surface area contributed by atoms with Crippen LogP contribution in [-0.2, 0) is 11.3 Å². The summed E-state index contributed by atoms with van der Waals surface area (Å²) in [5.41, 5.74) is 6.09. The highest BCUT2D eigenvalue weighted by Gasteiger charge is 2.10. The first-order valence-corrected chi connectivity index (χ1v) is 6.82. The molecular weight excluding hydrogens is 292 g/mol. The van der Waals surface area contributed by atoms with Crippen LogP contribution in [0.4, 0.5) is 5.69 Å². The summed E-state index contributed by atoms with van der Waals surface area (Å²) >= 11 is 5.79. The molecule has 7 heteroatoms. The summed E-state index contributed by atoms with van der Waals surface area (Å²) in [6.45, 7) is 1.05. The highest BCUT2D eigenvalue weighted by Crippen LogP contribution is 2.15. The number of halogens is 1. The molecule has 0 aliphatic heterocycles. The first-order valence-electron chi connectivity index (χ1n) is 6.45. The van der Waals surface area contributed by atoms with Crippen molar-refractivity contribution in [3.63, 3.8) is 0 Å². The van der Waals surface area contributed by atoms with Crippen LogP contribution in [0.1, 0.15) is 0 Å². The third kappa shape index (κ3) is 4.68. The normalized spacial score (nSPS) is 10.4.